The molecule has 0 amide bonds. The summed E-state index contributed by atoms with van der Waals surface area (Å²) in [5.41, 5.74) is 16.7. The van der Waals surface area contributed by atoms with Crippen LogP contribution in [0.5, 0.6) is 0 Å². The van der Waals surface area contributed by atoms with Gasteiger partial charge in [0.25, 0.3) is 0 Å². The van der Waals surface area contributed by atoms with Crippen LogP contribution in [0.4, 0.5) is 0 Å². The highest BCUT2D eigenvalue weighted by Crippen LogP contribution is 2.18. The molecule has 7 rings (SSSR count). The fourth-order valence-electron chi connectivity index (χ4n) is 5.14. The maximum atomic E-state index is 4.52. The molecule has 0 N–H and O–H groups in total. The van der Waals surface area contributed by atoms with Crippen molar-refractivity contribution in [2.75, 3.05) is 0 Å². The standard InChI is InChI=1S/C12H13N.C11H10.C10H14.C8H11N.C6H8S.3C2H6/c1-8-4-5-12-11(6-8)7-9(2)10(3)13-12;1-9-6-7-10-4-2-3-5-11(10)8-9;1-7-5-9(3)10(4)6-8(7)2;1-6-4-7(2)8(3)9-5-6;1-5-3-4-7-6(5)2;3*1-2/h4-7H,1-3H3;2-8H,1H3;5-6H,1-4H3;4-5H,1-3H3;3-4H,1-2H3;3*1-2H3. The minimum atomic E-state index is 1.09. The number of thiophene rings is 1. The average molecular weight is 771 g/mol. The fourth-order valence-corrected chi connectivity index (χ4v) is 5.87. The van der Waals surface area contributed by atoms with Crippen molar-refractivity contribution in [3.63, 3.8) is 0 Å². The van der Waals surface area contributed by atoms with Gasteiger partial charge in [-0.25, -0.2) is 0 Å². The van der Waals surface area contributed by atoms with Crippen LogP contribution in [0.3, 0.4) is 0 Å². The summed E-state index contributed by atoms with van der Waals surface area (Å²) in [6.07, 6.45) is 1.89. The molecule has 3 heterocycles. The van der Waals surface area contributed by atoms with Crippen LogP contribution < -0.4 is 0 Å². The van der Waals surface area contributed by atoms with Gasteiger partial charge in [0.2, 0.25) is 0 Å². The van der Waals surface area contributed by atoms with Crippen LogP contribution in [0.25, 0.3) is 21.7 Å². The average Bonchev–Trinajstić information content (AvgIpc) is 3.57. The van der Waals surface area contributed by atoms with Gasteiger partial charge in [0.1, 0.15) is 0 Å². The normalized spacial score (nSPS) is 9.34. The summed E-state index contributed by atoms with van der Waals surface area (Å²) >= 11 is 1.80. The van der Waals surface area contributed by atoms with E-state index in [1.807, 2.05) is 54.7 Å². The van der Waals surface area contributed by atoms with Crippen LogP contribution in [0.2, 0.25) is 0 Å². The SMILES string of the molecule is CC.CC.CC.Cc1cc(C)c(C)cc1C.Cc1ccc2ccccc2c1.Cc1ccc2nc(C)c(C)cc2c1.Cc1ccsc1C.Cc1cnc(C)c(C)c1. The topological polar surface area (TPSA) is 25.8 Å². The molecule has 0 aliphatic carbocycles. The molecule has 7 aromatic rings. The zero-order valence-electron chi connectivity index (χ0n) is 38.6. The Morgan fingerprint density at radius 3 is 1.30 bits per heavy atom. The molecule has 0 fully saturated rings. The Bertz CT molecular complexity index is 2090. The molecule has 0 unspecified atom stereocenters. The van der Waals surface area contributed by atoms with Crippen LogP contribution in [0.1, 0.15) is 113 Å². The highest BCUT2D eigenvalue weighted by Gasteiger charge is 1.99. The van der Waals surface area contributed by atoms with Gasteiger partial charge < -0.3 is 0 Å². The van der Waals surface area contributed by atoms with Crippen LogP contribution in [-0.2, 0) is 0 Å². The Morgan fingerprint density at radius 1 is 0.375 bits per heavy atom. The molecule has 0 saturated carbocycles. The summed E-state index contributed by atoms with van der Waals surface area (Å²) in [4.78, 5) is 10.1. The predicted molar refractivity (Wildman–Crippen MR) is 256 cm³/mol. The molecule has 3 aromatic heterocycles. The molecule has 0 aliphatic rings. The number of hydrogen-bond acceptors (Lipinski definition) is 3. The molecule has 0 spiro atoms. The minimum Gasteiger partial charge on any atom is -0.261 e. The van der Waals surface area contributed by atoms with Crippen molar-refractivity contribution in [3.05, 3.63) is 174 Å². The Balaban J connectivity index is 0.000000660. The number of hydrogen-bond donors (Lipinski definition) is 0. The Morgan fingerprint density at radius 2 is 0.857 bits per heavy atom. The highest BCUT2D eigenvalue weighted by molar-refractivity contribution is 7.10. The first-order valence-electron chi connectivity index (χ1n) is 20.4. The van der Waals surface area contributed by atoms with E-state index >= 15 is 0 Å². The Kier molecular flexibility index (Phi) is 25.6. The van der Waals surface area contributed by atoms with Crippen molar-refractivity contribution in [2.24, 2.45) is 0 Å². The summed E-state index contributed by atoms with van der Waals surface area (Å²) in [5.74, 6) is 0. The highest BCUT2D eigenvalue weighted by atomic mass is 32.1. The molecule has 4 aromatic carbocycles. The van der Waals surface area contributed by atoms with Gasteiger partial charge in [0.15, 0.2) is 0 Å². The van der Waals surface area contributed by atoms with E-state index in [4.69, 9.17) is 0 Å². The van der Waals surface area contributed by atoms with Crippen molar-refractivity contribution < 1.29 is 0 Å². The first-order chi connectivity index (χ1) is 26.6. The number of aromatic nitrogens is 2. The Hall–Kier alpha value is -4.60. The fraction of sp³-hybridized carbons (Fsp3) is 0.358. The quantitative estimate of drug-likeness (QED) is 0.153. The first-order valence-corrected chi connectivity index (χ1v) is 21.3. The van der Waals surface area contributed by atoms with Gasteiger partial charge in [-0.15, -0.1) is 11.3 Å². The second-order valence-corrected chi connectivity index (χ2v) is 14.7. The van der Waals surface area contributed by atoms with Crippen LogP contribution in [0.15, 0.2) is 103 Å². The van der Waals surface area contributed by atoms with E-state index in [-0.39, 0.29) is 0 Å². The lowest BCUT2D eigenvalue weighted by molar-refractivity contribution is 1.12. The van der Waals surface area contributed by atoms with Gasteiger partial charge in [-0.2, -0.15) is 0 Å². The van der Waals surface area contributed by atoms with Crippen molar-refractivity contribution >= 4 is 33.0 Å². The molecule has 0 radical (unpaired) electrons. The van der Waals surface area contributed by atoms with Crippen LogP contribution in [0, 0.1) is 90.0 Å². The molecular weight excluding hydrogens is 697 g/mol. The smallest absolute Gasteiger partial charge is 0.0705 e. The molecular formula is C53H74N2S. The monoisotopic (exact) mass is 771 g/mol. The summed E-state index contributed by atoms with van der Waals surface area (Å²) in [7, 11) is 0. The van der Waals surface area contributed by atoms with Crippen molar-refractivity contribution in [2.45, 2.75) is 132 Å². The molecule has 56 heavy (non-hydrogen) atoms. The van der Waals surface area contributed by atoms with Crippen molar-refractivity contribution in [1.29, 1.82) is 0 Å². The van der Waals surface area contributed by atoms with Gasteiger partial charge >= 0.3 is 0 Å². The van der Waals surface area contributed by atoms with E-state index in [1.165, 1.54) is 76.7 Å². The van der Waals surface area contributed by atoms with Gasteiger partial charge in [0.05, 0.1) is 5.52 Å². The third-order valence-electron chi connectivity index (χ3n) is 9.02. The summed E-state index contributed by atoms with van der Waals surface area (Å²) in [6, 6.07) is 32.2. The lowest BCUT2D eigenvalue weighted by Gasteiger charge is -2.04. The molecule has 3 heteroatoms. The van der Waals surface area contributed by atoms with E-state index in [0.29, 0.717) is 0 Å². The van der Waals surface area contributed by atoms with Crippen molar-refractivity contribution in [3.8, 4) is 0 Å². The van der Waals surface area contributed by atoms with E-state index in [9.17, 15) is 0 Å². The third-order valence-corrected chi connectivity index (χ3v) is 9.97. The van der Waals surface area contributed by atoms with Gasteiger partial charge in [0, 0.05) is 27.8 Å². The van der Waals surface area contributed by atoms with E-state index in [1.54, 1.807) is 11.3 Å². The van der Waals surface area contributed by atoms with E-state index in [0.717, 1.165) is 16.9 Å². The van der Waals surface area contributed by atoms with Crippen LogP contribution in [-0.4, -0.2) is 9.97 Å². The number of fused-ring (bicyclic) bond motifs is 2. The number of nitrogens with zero attached hydrogens (tertiary/aromatic N) is 2. The second kappa shape index (κ2) is 27.9. The van der Waals surface area contributed by atoms with Gasteiger partial charge in [-0.3, -0.25) is 9.97 Å². The maximum absolute atomic E-state index is 4.52. The van der Waals surface area contributed by atoms with Crippen LogP contribution >= 0.6 is 11.3 Å². The lowest BCUT2D eigenvalue weighted by atomic mass is 10.0. The molecule has 302 valence electrons. The number of pyridine rings is 2. The van der Waals surface area contributed by atoms with Gasteiger partial charge in [-0.1, -0.05) is 119 Å². The lowest BCUT2D eigenvalue weighted by Crippen LogP contribution is -1.88. The first kappa shape index (κ1) is 51.4. The second-order valence-electron chi connectivity index (χ2n) is 13.5. The predicted octanol–water partition coefficient (Wildman–Crippen LogP) is 16.7. The zero-order chi connectivity index (χ0) is 43.0. The molecule has 0 atom stereocenters. The van der Waals surface area contributed by atoms with E-state index in [2.05, 4.69) is 189 Å². The zero-order valence-corrected chi connectivity index (χ0v) is 39.4. The number of benzene rings is 4. The summed E-state index contributed by atoms with van der Waals surface area (Å²) < 4.78 is 0. The van der Waals surface area contributed by atoms with E-state index < -0.39 is 0 Å². The Labute approximate surface area is 347 Å². The summed E-state index contributed by atoms with van der Waals surface area (Å²) in [6.45, 7) is 39.4. The third kappa shape index (κ3) is 18.4. The molecule has 0 aliphatic heterocycles. The molecule has 2 nitrogen and oxygen atoms in total. The van der Waals surface area contributed by atoms with Gasteiger partial charge in [-0.05, 0) is 175 Å². The molecule has 0 bridgehead atoms. The molecule has 0 saturated heterocycles. The summed E-state index contributed by atoms with van der Waals surface area (Å²) in [5, 5.41) is 6.00. The van der Waals surface area contributed by atoms with Crippen molar-refractivity contribution in [1.82, 2.24) is 9.97 Å². The largest absolute Gasteiger partial charge is 0.261 e. The number of rotatable bonds is 0. The number of aryl methyl sites for hydroxylation is 13. The maximum Gasteiger partial charge on any atom is 0.0705 e. The minimum absolute atomic E-state index is 1.09.